The Morgan fingerprint density at radius 2 is 2.14 bits per heavy atom. The molecular formula is C16H33N3O2. The number of hydrogen-bond donors (Lipinski definition) is 1. The Bertz CT molecular complexity index is 333. The lowest BCUT2D eigenvalue weighted by atomic mass is 9.99. The molecule has 5 nitrogen and oxygen atoms in total. The average molecular weight is 299 g/mol. The Kier molecular flexibility index (Phi) is 7.10. The number of nitrogens with zero attached hydrogens (tertiary/aromatic N) is 2. The SMILES string of the molecule is CCOC(=O)C(C)(CN1CCCC1CN(C)C)NC(C)C. The van der Waals surface area contributed by atoms with Crippen LogP contribution in [0.25, 0.3) is 0 Å². The summed E-state index contributed by atoms with van der Waals surface area (Å²) in [5.41, 5.74) is -0.640. The molecule has 2 atom stereocenters. The quantitative estimate of drug-likeness (QED) is 0.685. The summed E-state index contributed by atoms with van der Waals surface area (Å²) in [6.45, 7) is 11.2. The Morgan fingerprint density at radius 3 is 2.67 bits per heavy atom. The first-order chi connectivity index (χ1) is 9.78. The molecule has 0 aliphatic carbocycles. The fourth-order valence-corrected chi connectivity index (χ4v) is 3.23. The molecule has 2 unspecified atom stereocenters. The molecule has 5 heteroatoms. The molecule has 1 rings (SSSR count). The van der Waals surface area contributed by atoms with E-state index >= 15 is 0 Å². The Morgan fingerprint density at radius 1 is 1.48 bits per heavy atom. The van der Waals surface area contributed by atoms with Gasteiger partial charge in [0.05, 0.1) is 6.61 Å². The van der Waals surface area contributed by atoms with Crippen molar-refractivity contribution in [2.75, 3.05) is 40.3 Å². The number of hydrogen-bond acceptors (Lipinski definition) is 5. The van der Waals surface area contributed by atoms with Gasteiger partial charge in [0.25, 0.3) is 0 Å². The third kappa shape index (κ3) is 5.57. The molecule has 1 N–H and O–H groups in total. The fraction of sp³-hybridized carbons (Fsp3) is 0.938. The van der Waals surface area contributed by atoms with Crippen molar-refractivity contribution in [1.82, 2.24) is 15.1 Å². The monoisotopic (exact) mass is 299 g/mol. The zero-order valence-electron chi connectivity index (χ0n) is 14.6. The van der Waals surface area contributed by atoms with Crippen LogP contribution in [0.3, 0.4) is 0 Å². The summed E-state index contributed by atoms with van der Waals surface area (Å²) in [6.07, 6.45) is 2.41. The molecule has 0 spiro atoms. The van der Waals surface area contributed by atoms with Crippen molar-refractivity contribution in [2.24, 2.45) is 0 Å². The number of ether oxygens (including phenoxy) is 1. The van der Waals surface area contributed by atoms with Crippen molar-refractivity contribution in [2.45, 2.75) is 58.2 Å². The molecule has 21 heavy (non-hydrogen) atoms. The number of carbonyl (C=O) groups is 1. The lowest BCUT2D eigenvalue weighted by Gasteiger charge is -2.37. The molecule has 0 aromatic rings. The van der Waals surface area contributed by atoms with Crippen molar-refractivity contribution in [3.63, 3.8) is 0 Å². The first kappa shape index (κ1) is 18.4. The highest BCUT2D eigenvalue weighted by atomic mass is 16.5. The van der Waals surface area contributed by atoms with Gasteiger partial charge >= 0.3 is 5.97 Å². The van der Waals surface area contributed by atoms with Gasteiger partial charge in [-0.2, -0.15) is 0 Å². The Balaban J connectivity index is 2.77. The number of nitrogens with one attached hydrogen (secondary N) is 1. The van der Waals surface area contributed by atoms with Crippen molar-refractivity contribution in [1.29, 1.82) is 0 Å². The van der Waals surface area contributed by atoms with Gasteiger partial charge in [0.15, 0.2) is 0 Å². The lowest BCUT2D eigenvalue weighted by Crippen LogP contribution is -2.60. The second-order valence-corrected chi connectivity index (χ2v) is 6.88. The molecule has 0 aromatic carbocycles. The van der Waals surface area contributed by atoms with Crippen LogP contribution in [0.5, 0.6) is 0 Å². The topological polar surface area (TPSA) is 44.8 Å². The fourth-order valence-electron chi connectivity index (χ4n) is 3.23. The Hall–Kier alpha value is -0.650. The van der Waals surface area contributed by atoms with Gasteiger partial charge in [-0.1, -0.05) is 0 Å². The number of carbonyl (C=O) groups excluding carboxylic acids is 1. The second kappa shape index (κ2) is 8.11. The molecule has 0 amide bonds. The predicted octanol–water partition coefficient (Wildman–Crippen LogP) is 1.33. The van der Waals surface area contributed by atoms with Gasteiger partial charge in [-0.15, -0.1) is 0 Å². The minimum atomic E-state index is -0.640. The number of likely N-dealkylation sites (N-methyl/N-ethyl adjacent to an activating group) is 1. The maximum absolute atomic E-state index is 12.4. The van der Waals surface area contributed by atoms with Gasteiger partial charge in [0, 0.05) is 25.2 Å². The van der Waals surface area contributed by atoms with E-state index in [0.29, 0.717) is 19.2 Å². The highest BCUT2D eigenvalue weighted by Crippen LogP contribution is 2.22. The van der Waals surface area contributed by atoms with E-state index in [1.165, 1.54) is 12.8 Å². The van der Waals surface area contributed by atoms with Crippen LogP contribution < -0.4 is 5.32 Å². The standard InChI is InChI=1S/C16H33N3O2/c1-7-21-15(20)16(4,17-13(2)3)12-19-10-8-9-14(19)11-18(5)6/h13-14,17H,7-12H2,1-6H3. The third-order valence-electron chi connectivity index (χ3n) is 3.93. The van der Waals surface area contributed by atoms with Crippen molar-refractivity contribution >= 4 is 5.97 Å². The molecule has 1 fully saturated rings. The van der Waals surface area contributed by atoms with Gasteiger partial charge in [-0.25, -0.2) is 0 Å². The minimum Gasteiger partial charge on any atom is -0.465 e. The number of esters is 1. The van der Waals surface area contributed by atoms with Crippen molar-refractivity contribution in [3.8, 4) is 0 Å². The maximum atomic E-state index is 12.4. The van der Waals surface area contributed by atoms with Gasteiger partial charge < -0.3 is 9.64 Å². The Labute approximate surface area is 130 Å². The lowest BCUT2D eigenvalue weighted by molar-refractivity contribution is -0.151. The number of rotatable bonds is 8. The van der Waals surface area contributed by atoms with E-state index in [9.17, 15) is 4.79 Å². The van der Waals surface area contributed by atoms with Crippen LogP contribution in [0, 0.1) is 0 Å². The summed E-state index contributed by atoms with van der Waals surface area (Å²) < 4.78 is 5.30. The second-order valence-electron chi connectivity index (χ2n) is 6.88. The summed E-state index contributed by atoms with van der Waals surface area (Å²) >= 11 is 0. The van der Waals surface area contributed by atoms with E-state index in [0.717, 1.165) is 13.1 Å². The van der Waals surface area contributed by atoms with Gasteiger partial charge in [-0.3, -0.25) is 15.0 Å². The van der Waals surface area contributed by atoms with Crippen LogP contribution in [0.1, 0.15) is 40.5 Å². The third-order valence-corrected chi connectivity index (χ3v) is 3.93. The smallest absolute Gasteiger partial charge is 0.327 e. The number of likely N-dealkylation sites (tertiary alicyclic amines) is 1. The first-order valence-corrected chi connectivity index (χ1v) is 8.12. The summed E-state index contributed by atoms with van der Waals surface area (Å²) in [4.78, 5) is 17.1. The highest BCUT2D eigenvalue weighted by Gasteiger charge is 2.39. The maximum Gasteiger partial charge on any atom is 0.327 e. The average Bonchev–Trinajstić information content (AvgIpc) is 2.74. The molecular weight excluding hydrogens is 266 g/mol. The molecule has 0 bridgehead atoms. The molecule has 1 saturated heterocycles. The van der Waals surface area contributed by atoms with Crippen LogP contribution >= 0.6 is 0 Å². The molecule has 1 aliphatic heterocycles. The molecule has 1 heterocycles. The largest absolute Gasteiger partial charge is 0.465 e. The van der Waals surface area contributed by atoms with E-state index in [1.54, 1.807) is 0 Å². The minimum absolute atomic E-state index is 0.144. The predicted molar refractivity (Wildman–Crippen MR) is 86.5 cm³/mol. The zero-order chi connectivity index (χ0) is 16.0. The van der Waals surface area contributed by atoms with Gasteiger partial charge in [0.2, 0.25) is 0 Å². The van der Waals surface area contributed by atoms with Crippen LogP contribution in [-0.4, -0.2) is 73.7 Å². The van der Waals surface area contributed by atoms with E-state index < -0.39 is 5.54 Å². The molecule has 0 radical (unpaired) electrons. The molecule has 124 valence electrons. The van der Waals surface area contributed by atoms with E-state index in [-0.39, 0.29) is 12.0 Å². The van der Waals surface area contributed by atoms with Crippen LogP contribution in [0.4, 0.5) is 0 Å². The summed E-state index contributed by atoms with van der Waals surface area (Å²) in [5.74, 6) is -0.144. The van der Waals surface area contributed by atoms with Crippen LogP contribution in [0.15, 0.2) is 0 Å². The highest BCUT2D eigenvalue weighted by molar-refractivity contribution is 5.80. The summed E-state index contributed by atoms with van der Waals surface area (Å²) in [6, 6.07) is 0.775. The van der Waals surface area contributed by atoms with E-state index in [4.69, 9.17) is 4.74 Å². The van der Waals surface area contributed by atoms with Crippen molar-refractivity contribution < 1.29 is 9.53 Å². The van der Waals surface area contributed by atoms with Crippen molar-refractivity contribution in [3.05, 3.63) is 0 Å². The van der Waals surface area contributed by atoms with Crippen LogP contribution in [-0.2, 0) is 9.53 Å². The normalized spacial score (nSPS) is 22.8. The van der Waals surface area contributed by atoms with E-state index in [2.05, 4.69) is 43.1 Å². The zero-order valence-corrected chi connectivity index (χ0v) is 14.6. The molecule has 1 aliphatic rings. The van der Waals surface area contributed by atoms with Crippen LogP contribution in [0.2, 0.25) is 0 Å². The first-order valence-electron chi connectivity index (χ1n) is 8.12. The molecule has 0 aromatic heterocycles. The summed E-state index contributed by atoms with van der Waals surface area (Å²) in [7, 11) is 4.21. The van der Waals surface area contributed by atoms with E-state index in [1.807, 2.05) is 13.8 Å². The molecule has 0 saturated carbocycles. The van der Waals surface area contributed by atoms with Gasteiger partial charge in [0.1, 0.15) is 5.54 Å². The van der Waals surface area contributed by atoms with Gasteiger partial charge in [-0.05, 0) is 61.2 Å². The summed E-state index contributed by atoms with van der Waals surface area (Å²) in [5, 5.41) is 3.41.